The number of ether oxygens (including phenoxy) is 1. The minimum Gasteiger partial charge on any atom is -0.480 e. The standard InChI is InChI=1S/C7H6F3N3O5/c8-7(9,10)3-18-6-4(13(16)17)1-12(11-6)2-5(14)15/h1H,2-3H2,(H,14,15). The average molecular weight is 269 g/mol. The van der Waals surface area contributed by atoms with Crippen LogP contribution in [0.4, 0.5) is 18.9 Å². The van der Waals surface area contributed by atoms with Gasteiger partial charge in [0.1, 0.15) is 12.7 Å². The Labute approximate surface area is 96.7 Å². The first-order chi connectivity index (χ1) is 8.19. The van der Waals surface area contributed by atoms with Crippen LogP contribution in [0.25, 0.3) is 0 Å². The zero-order valence-corrected chi connectivity index (χ0v) is 8.55. The van der Waals surface area contributed by atoms with Gasteiger partial charge < -0.3 is 9.84 Å². The Hall–Kier alpha value is -2.33. The Balaban J connectivity index is 2.91. The molecule has 0 aliphatic carbocycles. The number of halogens is 3. The van der Waals surface area contributed by atoms with Gasteiger partial charge in [0, 0.05) is 0 Å². The highest BCUT2D eigenvalue weighted by Gasteiger charge is 2.31. The predicted molar refractivity (Wildman–Crippen MR) is 48.1 cm³/mol. The molecule has 0 amide bonds. The third kappa shape index (κ3) is 3.92. The maximum atomic E-state index is 11.9. The van der Waals surface area contributed by atoms with Gasteiger partial charge in [0.05, 0.1) is 4.92 Å². The summed E-state index contributed by atoms with van der Waals surface area (Å²) < 4.78 is 40.3. The lowest BCUT2D eigenvalue weighted by molar-refractivity contribution is -0.386. The van der Waals surface area contributed by atoms with Gasteiger partial charge in [-0.1, -0.05) is 0 Å². The number of alkyl halides is 3. The number of nitrogens with zero attached hydrogens (tertiary/aromatic N) is 3. The van der Waals surface area contributed by atoms with Gasteiger partial charge >= 0.3 is 23.7 Å². The molecule has 1 N–H and O–H groups in total. The van der Waals surface area contributed by atoms with Gasteiger partial charge in [-0.3, -0.25) is 19.6 Å². The summed E-state index contributed by atoms with van der Waals surface area (Å²) >= 11 is 0. The molecule has 1 aromatic heterocycles. The Kier molecular flexibility index (Phi) is 3.73. The second-order valence-corrected chi connectivity index (χ2v) is 3.07. The third-order valence-corrected chi connectivity index (χ3v) is 1.58. The van der Waals surface area contributed by atoms with E-state index in [4.69, 9.17) is 5.11 Å². The fraction of sp³-hybridized carbons (Fsp3) is 0.429. The van der Waals surface area contributed by atoms with Gasteiger partial charge in [0.2, 0.25) is 0 Å². The summed E-state index contributed by atoms with van der Waals surface area (Å²) in [6.07, 6.45) is -4.00. The van der Waals surface area contributed by atoms with Crippen LogP contribution in [0.3, 0.4) is 0 Å². The molecule has 18 heavy (non-hydrogen) atoms. The second-order valence-electron chi connectivity index (χ2n) is 3.07. The molecule has 0 spiro atoms. The van der Waals surface area contributed by atoms with E-state index in [2.05, 4.69) is 9.84 Å². The highest BCUT2D eigenvalue weighted by molar-refractivity contribution is 5.66. The number of nitro groups is 1. The lowest BCUT2D eigenvalue weighted by Crippen LogP contribution is -2.20. The van der Waals surface area contributed by atoms with E-state index in [1.165, 1.54) is 0 Å². The molecule has 0 aliphatic rings. The minimum absolute atomic E-state index is 0.603. The lowest BCUT2D eigenvalue weighted by atomic mass is 10.5. The van der Waals surface area contributed by atoms with Gasteiger partial charge in [-0.2, -0.15) is 13.2 Å². The van der Waals surface area contributed by atoms with Crippen molar-refractivity contribution in [1.29, 1.82) is 0 Å². The molecule has 11 heteroatoms. The summed E-state index contributed by atoms with van der Waals surface area (Å²) in [6, 6.07) is 0. The Morgan fingerprint density at radius 1 is 1.61 bits per heavy atom. The summed E-state index contributed by atoms with van der Waals surface area (Å²) in [7, 11) is 0. The molecule has 1 rings (SSSR count). The van der Waals surface area contributed by atoms with E-state index in [1.54, 1.807) is 0 Å². The molecule has 0 atom stereocenters. The van der Waals surface area contributed by atoms with Crippen LogP contribution in [0, 0.1) is 10.1 Å². The molecular formula is C7H6F3N3O5. The minimum atomic E-state index is -4.68. The first-order valence-corrected chi connectivity index (χ1v) is 4.32. The van der Waals surface area contributed by atoms with Crippen molar-refractivity contribution in [3.63, 3.8) is 0 Å². The normalized spacial score (nSPS) is 11.3. The molecule has 1 aromatic rings. The van der Waals surface area contributed by atoms with Gasteiger partial charge in [-0.15, -0.1) is 5.10 Å². The van der Waals surface area contributed by atoms with E-state index in [0.29, 0.717) is 10.9 Å². The molecular weight excluding hydrogens is 263 g/mol. The highest BCUT2D eigenvalue weighted by atomic mass is 19.4. The Morgan fingerprint density at radius 3 is 2.67 bits per heavy atom. The summed E-state index contributed by atoms with van der Waals surface area (Å²) in [4.78, 5) is 19.8. The molecule has 0 radical (unpaired) electrons. The number of carboxylic acids is 1. The van der Waals surface area contributed by atoms with E-state index in [9.17, 15) is 28.1 Å². The van der Waals surface area contributed by atoms with Gasteiger partial charge in [0.15, 0.2) is 6.61 Å². The van der Waals surface area contributed by atoms with Gasteiger partial charge in [-0.25, -0.2) is 0 Å². The van der Waals surface area contributed by atoms with Crippen LogP contribution in [0.1, 0.15) is 0 Å². The summed E-state index contributed by atoms with van der Waals surface area (Å²) in [5.41, 5.74) is -0.833. The first-order valence-electron chi connectivity index (χ1n) is 4.32. The zero-order chi connectivity index (χ0) is 13.9. The molecule has 0 saturated heterocycles. The molecule has 0 unspecified atom stereocenters. The van der Waals surface area contributed by atoms with Crippen molar-refractivity contribution in [3.8, 4) is 5.88 Å². The Bertz CT molecular complexity index is 469. The molecule has 0 saturated carbocycles. The first kappa shape index (κ1) is 13.7. The van der Waals surface area contributed by atoms with Crippen molar-refractivity contribution in [3.05, 3.63) is 16.3 Å². The quantitative estimate of drug-likeness (QED) is 0.626. The van der Waals surface area contributed by atoms with Crippen LogP contribution >= 0.6 is 0 Å². The van der Waals surface area contributed by atoms with E-state index < -0.39 is 41.8 Å². The molecule has 0 bridgehead atoms. The number of aliphatic carboxylic acids is 1. The van der Waals surface area contributed by atoms with E-state index in [0.717, 1.165) is 0 Å². The van der Waals surface area contributed by atoms with Gasteiger partial charge in [-0.05, 0) is 0 Å². The SMILES string of the molecule is O=C(O)Cn1cc([N+](=O)[O-])c(OCC(F)(F)F)n1. The van der Waals surface area contributed by atoms with Crippen molar-refractivity contribution in [2.45, 2.75) is 12.7 Å². The fourth-order valence-electron chi connectivity index (χ4n) is 0.991. The number of hydrogen-bond donors (Lipinski definition) is 1. The maximum absolute atomic E-state index is 11.9. The van der Waals surface area contributed by atoms with Crippen molar-refractivity contribution in [2.75, 3.05) is 6.61 Å². The topological polar surface area (TPSA) is 107 Å². The summed E-state index contributed by atoms with van der Waals surface area (Å²) in [5, 5.41) is 22.1. The lowest BCUT2D eigenvalue weighted by Gasteiger charge is -2.05. The van der Waals surface area contributed by atoms with Crippen LogP contribution in [-0.4, -0.2) is 38.6 Å². The monoisotopic (exact) mass is 269 g/mol. The van der Waals surface area contributed by atoms with E-state index >= 15 is 0 Å². The molecule has 100 valence electrons. The van der Waals surface area contributed by atoms with Gasteiger partial charge in [0.25, 0.3) is 0 Å². The molecule has 8 nitrogen and oxygen atoms in total. The van der Waals surface area contributed by atoms with E-state index in [1.807, 2.05) is 0 Å². The second kappa shape index (κ2) is 4.89. The molecule has 0 aromatic carbocycles. The van der Waals surface area contributed by atoms with Crippen molar-refractivity contribution in [2.24, 2.45) is 0 Å². The van der Waals surface area contributed by atoms with Crippen molar-refractivity contribution < 1.29 is 32.7 Å². The number of carboxylic acid groups (broad SMARTS) is 1. The molecule has 0 aliphatic heterocycles. The number of rotatable bonds is 5. The van der Waals surface area contributed by atoms with E-state index in [-0.39, 0.29) is 0 Å². The summed E-state index contributed by atoms with van der Waals surface area (Å²) in [5.74, 6) is -2.23. The van der Waals surface area contributed by atoms with Crippen LogP contribution in [0.15, 0.2) is 6.20 Å². The zero-order valence-electron chi connectivity index (χ0n) is 8.55. The fourth-order valence-corrected chi connectivity index (χ4v) is 0.991. The van der Waals surface area contributed by atoms with Crippen LogP contribution in [0.5, 0.6) is 5.88 Å². The maximum Gasteiger partial charge on any atom is 0.422 e. The number of aromatic nitrogens is 2. The highest BCUT2D eigenvalue weighted by Crippen LogP contribution is 2.26. The molecule has 1 heterocycles. The smallest absolute Gasteiger partial charge is 0.422 e. The molecule has 0 fully saturated rings. The van der Waals surface area contributed by atoms with Crippen LogP contribution in [-0.2, 0) is 11.3 Å². The average Bonchev–Trinajstić information content (AvgIpc) is 2.56. The summed E-state index contributed by atoms with van der Waals surface area (Å²) in [6.45, 7) is -2.48. The Morgan fingerprint density at radius 2 is 2.22 bits per heavy atom. The third-order valence-electron chi connectivity index (χ3n) is 1.58. The van der Waals surface area contributed by atoms with Crippen LogP contribution in [0.2, 0.25) is 0 Å². The predicted octanol–water partition coefficient (Wildman–Crippen LogP) is 0.817. The number of hydrogen-bond acceptors (Lipinski definition) is 5. The van der Waals surface area contributed by atoms with Crippen molar-refractivity contribution in [1.82, 2.24) is 9.78 Å². The van der Waals surface area contributed by atoms with Crippen molar-refractivity contribution >= 4 is 11.7 Å². The van der Waals surface area contributed by atoms with Crippen LogP contribution < -0.4 is 4.74 Å². The number of carbonyl (C=O) groups is 1. The largest absolute Gasteiger partial charge is 0.480 e.